The number of anilines is 2. The number of amides is 2. The van der Waals surface area contributed by atoms with Crippen LogP contribution in [0.5, 0.6) is 0 Å². The first-order valence-corrected chi connectivity index (χ1v) is 11.3. The molecule has 0 unspecified atom stereocenters. The van der Waals surface area contributed by atoms with Gasteiger partial charge in [0, 0.05) is 42.5 Å². The van der Waals surface area contributed by atoms with E-state index < -0.39 is 10.5 Å². The molecule has 2 aromatic heterocycles. The van der Waals surface area contributed by atoms with Crippen LogP contribution in [0.3, 0.4) is 0 Å². The molecular formula is C23H25N7O5. The van der Waals surface area contributed by atoms with Crippen LogP contribution in [0.1, 0.15) is 40.1 Å². The van der Waals surface area contributed by atoms with Crippen molar-refractivity contribution in [3.63, 3.8) is 0 Å². The summed E-state index contributed by atoms with van der Waals surface area (Å²) in [6.07, 6.45) is 4.76. The van der Waals surface area contributed by atoms with Crippen molar-refractivity contribution in [1.29, 1.82) is 0 Å². The number of aromatic nitrogens is 3. The fourth-order valence-corrected chi connectivity index (χ4v) is 4.58. The molecule has 0 spiro atoms. The maximum absolute atomic E-state index is 13.3. The lowest BCUT2D eigenvalue weighted by Crippen LogP contribution is -2.48. The minimum Gasteiger partial charge on any atom is -0.378 e. The second-order valence-electron chi connectivity index (χ2n) is 9.22. The van der Waals surface area contributed by atoms with Crippen LogP contribution in [0.2, 0.25) is 0 Å². The number of ether oxygens (including phenoxy) is 1. The van der Waals surface area contributed by atoms with Crippen LogP contribution in [-0.4, -0.2) is 74.6 Å². The summed E-state index contributed by atoms with van der Waals surface area (Å²) in [6, 6.07) is 5.29. The molecule has 0 atom stereocenters. The summed E-state index contributed by atoms with van der Waals surface area (Å²) in [5.74, 6) is -0.630. The third-order valence-electron chi connectivity index (χ3n) is 6.40. The molecule has 182 valence electrons. The van der Waals surface area contributed by atoms with E-state index in [1.807, 2.05) is 0 Å². The highest BCUT2D eigenvalue weighted by Gasteiger charge is 2.41. The van der Waals surface area contributed by atoms with Gasteiger partial charge >= 0.3 is 0 Å². The van der Waals surface area contributed by atoms with Crippen LogP contribution in [0.15, 0.2) is 36.8 Å². The Morgan fingerprint density at radius 2 is 2.06 bits per heavy atom. The zero-order valence-corrected chi connectivity index (χ0v) is 19.4. The van der Waals surface area contributed by atoms with E-state index in [2.05, 4.69) is 20.3 Å². The summed E-state index contributed by atoms with van der Waals surface area (Å²) in [7, 11) is 0. The Bertz CT molecular complexity index is 1330. The minimum absolute atomic E-state index is 0.222. The van der Waals surface area contributed by atoms with Gasteiger partial charge in [-0.3, -0.25) is 19.7 Å². The van der Waals surface area contributed by atoms with Crippen LogP contribution >= 0.6 is 0 Å². The predicted octanol–water partition coefficient (Wildman–Crippen LogP) is 1.83. The molecule has 12 nitrogen and oxygen atoms in total. The first kappa shape index (κ1) is 22.7. The Labute approximate surface area is 200 Å². The smallest absolute Gasteiger partial charge is 0.261 e. The third kappa shape index (κ3) is 4.16. The molecule has 1 saturated heterocycles. The largest absolute Gasteiger partial charge is 0.378 e. The quantitative estimate of drug-likeness (QED) is 0.418. The fourth-order valence-electron chi connectivity index (χ4n) is 4.58. The van der Waals surface area contributed by atoms with Crippen molar-refractivity contribution in [3.05, 3.63) is 63.6 Å². The molecule has 5 rings (SSSR count). The molecule has 1 aromatic carbocycles. The summed E-state index contributed by atoms with van der Waals surface area (Å²) in [4.78, 5) is 45.1. The Kier molecular flexibility index (Phi) is 5.59. The van der Waals surface area contributed by atoms with Gasteiger partial charge in [-0.15, -0.1) is 0 Å². The molecule has 2 amide bonds. The summed E-state index contributed by atoms with van der Waals surface area (Å²) < 4.78 is 7.00. The number of carbonyl (C=O) groups is 2. The van der Waals surface area contributed by atoms with Crippen molar-refractivity contribution in [2.45, 2.75) is 25.9 Å². The monoisotopic (exact) mass is 479 g/mol. The topological polar surface area (TPSA) is 135 Å². The average molecular weight is 479 g/mol. The Morgan fingerprint density at radius 3 is 2.80 bits per heavy atom. The highest BCUT2D eigenvalue weighted by Crippen LogP contribution is 2.37. The molecule has 0 bridgehead atoms. The van der Waals surface area contributed by atoms with Crippen LogP contribution in [0, 0.1) is 10.1 Å². The molecule has 3 aromatic rings. The number of hydrogen-bond acceptors (Lipinski definition) is 8. The number of carbonyl (C=O) groups excluding carboxylic acids is 2. The van der Waals surface area contributed by atoms with Gasteiger partial charge in [-0.05, 0) is 37.6 Å². The zero-order valence-electron chi connectivity index (χ0n) is 19.4. The van der Waals surface area contributed by atoms with E-state index in [0.717, 1.165) is 0 Å². The lowest BCUT2D eigenvalue weighted by molar-refractivity contribution is -0.492. The van der Waals surface area contributed by atoms with E-state index in [-0.39, 0.29) is 24.9 Å². The van der Waals surface area contributed by atoms with E-state index >= 15 is 0 Å². The van der Waals surface area contributed by atoms with E-state index in [4.69, 9.17) is 4.74 Å². The van der Waals surface area contributed by atoms with Crippen molar-refractivity contribution in [2.75, 3.05) is 43.1 Å². The van der Waals surface area contributed by atoms with E-state index in [9.17, 15) is 19.7 Å². The van der Waals surface area contributed by atoms with E-state index in [1.165, 1.54) is 15.6 Å². The minimum atomic E-state index is -0.967. The number of hydrogen-bond donors (Lipinski definition) is 1. The lowest BCUT2D eigenvalue weighted by Gasteiger charge is -2.31. The summed E-state index contributed by atoms with van der Waals surface area (Å²) in [6.45, 7) is 5.48. The van der Waals surface area contributed by atoms with Gasteiger partial charge in [0.25, 0.3) is 11.8 Å². The van der Waals surface area contributed by atoms with E-state index in [0.29, 0.717) is 60.0 Å². The number of nitrogens with zero attached hydrogens (tertiary/aromatic N) is 6. The van der Waals surface area contributed by atoms with Gasteiger partial charge in [-0.2, -0.15) is 5.10 Å². The van der Waals surface area contributed by atoms with Crippen molar-refractivity contribution in [3.8, 4) is 0 Å². The molecule has 12 heteroatoms. The van der Waals surface area contributed by atoms with Crippen LogP contribution in [0.25, 0.3) is 5.65 Å². The second-order valence-corrected chi connectivity index (χ2v) is 9.22. The zero-order chi connectivity index (χ0) is 24.7. The Morgan fingerprint density at radius 1 is 1.29 bits per heavy atom. The van der Waals surface area contributed by atoms with Crippen molar-refractivity contribution < 1.29 is 19.2 Å². The van der Waals surface area contributed by atoms with Gasteiger partial charge in [0.15, 0.2) is 5.65 Å². The molecule has 1 N–H and O–H groups in total. The molecule has 0 radical (unpaired) electrons. The molecular weight excluding hydrogens is 454 g/mol. The predicted molar refractivity (Wildman–Crippen MR) is 126 cm³/mol. The SMILES string of the molecule is CC(C)(C[N+](=O)[O-])N1Cc2cc(NC(=O)c3cnn4cccnc34)c(N3CCOCC3)cc2C1=O. The Hall–Kier alpha value is -4.06. The van der Waals surface area contributed by atoms with Crippen LogP contribution in [-0.2, 0) is 11.3 Å². The van der Waals surface area contributed by atoms with Crippen LogP contribution in [0.4, 0.5) is 11.4 Å². The van der Waals surface area contributed by atoms with Gasteiger partial charge in [-0.25, -0.2) is 9.50 Å². The molecule has 0 saturated carbocycles. The van der Waals surface area contributed by atoms with Crippen molar-refractivity contribution >= 4 is 28.8 Å². The number of benzene rings is 1. The van der Waals surface area contributed by atoms with Crippen molar-refractivity contribution in [2.24, 2.45) is 0 Å². The summed E-state index contributed by atoms with van der Waals surface area (Å²) in [5, 5.41) is 18.3. The molecule has 2 aliphatic rings. The molecule has 4 heterocycles. The number of morpholine rings is 1. The van der Waals surface area contributed by atoms with Gasteiger partial charge in [0.1, 0.15) is 11.1 Å². The molecule has 2 aliphatic heterocycles. The maximum Gasteiger partial charge on any atom is 0.261 e. The molecule has 1 fully saturated rings. The number of fused-ring (bicyclic) bond motifs is 2. The molecule has 35 heavy (non-hydrogen) atoms. The lowest BCUT2D eigenvalue weighted by atomic mass is 10.0. The number of nitrogens with one attached hydrogen (secondary N) is 1. The highest BCUT2D eigenvalue weighted by atomic mass is 16.6. The Balaban J connectivity index is 1.51. The second kappa shape index (κ2) is 8.62. The first-order valence-electron chi connectivity index (χ1n) is 11.3. The highest BCUT2D eigenvalue weighted by molar-refractivity contribution is 6.10. The fraction of sp³-hybridized carbons (Fsp3) is 0.391. The summed E-state index contributed by atoms with van der Waals surface area (Å²) in [5.41, 5.74) is 2.23. The average Bonchev–Trinajstić information content (AvgIpc) is 3.40. The number of rotatable bonds is 6. The summed E-state index contributed by atoms with van der Waals surface area (Å²) >= 11 is 0. The van der Waals surface area contributed by atoms with Gasteiger partial charge < -0.3 is 19.9 Å². The number of nitro groups is 1. The molecule has 0 aliphatic carbocycles. The van der Waals surface area contributed by atoms with E-state index in [1.54, 1.807) is 44.4 Å². The first-order chi connectivity index (χ1) is 16.7. The normalized spacial score (nSPS) is 16.0. The van der Waals surface area contributed by atoms with Gasteiger partial charge in [0.2, 0.25) is 6.54 Å². The van der Waals surface area contributed by atoms with Crippen LogP contribution < -0.4 is 10.2 Å². The van der Waals surface area contributed by atoms with Gasteiger partial charge in [-0.1, -0.05) is 0 Å². The standard InChI is InChI=1S/C23H25N7O5/c1-23(2,14-30(33)34)28-13-15-10-18(19(11-16(15)22(28)32)27-6-8-35-9-7-27)26-21(31)17-12-25-29-5-3-4-24-20(17)29/h3-5,10-12H,6-9,13-14H2,1-2H3,(H,26,31). The third-order valence-corrected chi connectivity index (χ3v) is 6.40. The van der Waals surface area contributed by atoms with Gasteiger partial charge in [0.05, 0.1) is 30.8 Å². The van der Waals surface area contributed by atoms with Crippen molar-refractivity contribution in [1.82, 2.24) is 19.5 Å². The maximum atomic E-state index is 13.3.